The Labute approximate surface area is 155 Å². The van der Waals surface area contributed by atoms with Crippen LogP contribution in [0.15, 0.2) is 61.2 Å². The normalized spacial score (nSPS) is 13.2. The zero-order valence-corrected chi connectivity index (χ0v) is 14.9. The zero-order valence-electron chi connectivity index (χ0n) is 14.9. The molecule has 0 amide bonds. The molecule has 0 atom stereocenters. The number of hydrogen-bond acceptors (Lipinski definition) is 3. The molecule has 3 rings (SSSR count). The Hall–Kier alpha value is -2.81. The van der Waals surface area contributed by atoms with E-state index in [0.29, 0.717) is 19.6 Å². The number of ether oxygens (including phenoxy) is 2. The highest BCUT2D eigenvalue weighted by Crippen LogP contribution is 2.34. The van der Waals surface area contributed by atoms with Gasteiger partial charge in [-0.1, -0.05) is 49.0 Å². The van der Waals surface area contributed by atoms with Gasteiger partial charge in [0.1, 0.15) is 5.75 Å². The van der Waals surface area contributed by atoms with Crippen molar-refractivity contribution in [2.45, 2.75) is 25.7 Å². The molecule has 134 valence electrons. The van der Waals surface area contributed by atoms with Crippen LogP contribution in [-0.4, -0.2) is 19.2 Å². The van der Waals surface area contributed by atoms with Crippen LogP contribution >= 0.6 is 0 Å². The van der Waals surface area contributed by atoms with Crippen LogP contribution in [0.2, 0.25) is 0 Å². The van der Waals surface area contributed by atoms with Crippen LogP contribution in [0, 0.1) is 0 Å². The molecule has 0 saturated heterocycles. The first-order chi connectivity index (χ1) is 12.8. The van der Waals surface area contributed by atoms with E-state index in [1.807, 2.05) is 18.2 Å². The van der Waals surface area contributed by atoms with Gasteiger partial charge in [0.05, 0.1) is 13.2 Å². The van der Waals surface area contributed by atoms with Gasteiger partial charge in [-0.15, -0.1) is 0 Å². The smallest absolute Gasteiger partial charge is 0.330 e. The van der Waals surface area contributed by atoms with Gasteiger partial charge < -0.3 is 9.47 Å². The fraction of sp³-hybridized carbons (Fsp3) is 0.261. The molecule has 0 unspecified atom stereocenters. The highest BCUT2D eigenvalue weighted by atomic mass is 16.5. The number of rotatable bonds is 7. The third-order valence-corrected chi connectivity index (χ3v) is 4.47. The van der Waals surface area contributed by atoms with E-state index in [1.165, 1.54) is 28.3 Å². The first-order valence-corrected chi connectivity index (χ1v) is 9.08. The quantitative estimate of drug-likeness (QED) is 0.398. The van der Waals surface area contributed by atoms with E-state index in [4.69, 9.17) is 9.47 Å². The molecule has 2 aromatic carbocycles. The third kappa shape index (κ3) is 4.63. The van der Waals surface area contributed by atoms with E-state index in [0.717, 1.165) is 25.0 Å². The highest BCUT2D eigenvalue weighted by molar-refractivity contribution is 5.84. The Balaban J connectivity index is 1.73. The molecule has 0 spiro atoms. The van der Waals surface area contributed by atoms with E-state index in [9.17, 15) is 4.79 Å². The fourth-order valence-corrected chi connectivity index (χ4v) is 3.17. The number of esters is 1. The van der Waals surface area contributed by atoms with Gasteiger partial charge in [-0.05, 0) is 48.1 Å². The lowest BCUT2D eigenvalue weighted by molar-refractivity contribution is -0.137. The predicted molar refractivity (Wildman–Crippen MR) is 105 cm³/mol. The molecule has 1 aliphatic rings. The Bertz CT molecular complexity index is 790. The summed E-state index contributed by atoms with van der Waals surface area (Å²) in [6.07, 6.45) is 7.34. The molecule has 1 aliphatic carbocycles. The Morgan fingerprint density at radius 3 is 2.69 bits per heavy atom. The summed E-state index contributed by atoms with van der Waals surface area (Å²) in [4.78, 5) is 11.1. The van der Waals surface area contributed by atoms with Crippen molar-refractivity contribution in [1.29, 1.82) is 0 Å². The van der Waals surface area contributed by atoms with Crippen molar-refractivity contribution in [2.24, 2.45) is 0 Å². The lowest BCUT2D eigenvalue weighted by Crippen LogP contribution is -2.07. The Morgan fingerprint density at radius 2 is 1.88 bits per heavy atom. The molecule has 0 aromatic heterocycles. The van der Waals surface area contributed by atoms with Crippen LogP contribution in [0.3, 0.4) is 0 Å². The maximum atomic E-state index is 11.1. The molecule has 0 saturated carbocycles. The summed E-state index contributed by atoms with van der Waals surface area (Å²) in [6.45, 7) is 4.23. The number of carbonyl (C=O) groups is 1. The van der Waals surface area contributed by atoms with Gasteiger partial charge in [0.2, 0.25) is 0 Å². The molecule has 0 bridgehead atoms. The minimum Gasteiger partial charge on any atom is -0.493 e. The lowest BCUT2D eigenvalue weighted by Gasteiger charge is -2.13. The molecule has 0 radical (unpaired) electrons. The number of allylic oxidation sites excluding steroid dienone is 1. The van der Waals surface area contributed by atoms with E-state index in [2.05, 4.69) is 43.0 Å². The Morgan fingerprint density at radius 1 is 1.04 bits per heavy atom. The number of carbonyl (C=O) groups excluding carboxylic acids is 1. The van der Waals surface area contributed by atoms with Crippen LogP contribution in [-0.2, 0) is 16.0 Å². The van der Waals surface area contributed by atoms with Gasteiger partial charge >= 0.3 is 5.97 Å². The molecule has 26 heavy (non-hydrogen) atoms. The van der Waals surface area contributed by atoms with Crippen molar-refractivity contribution in [1.82, 2.24) is 0 Å². The van der Waals surface area contributed by atoms with E-state index in [-0.39, 0.29) is 0 Å². The molecule has 0 fully saturated rings. The van der Waals surface area contributed by atoms with Crippen molar-refractivity contribution in [3.63, 3.8) is 0 Å². The maximum absolute atomic E-state index is 11.1. The minimum absolute atomic E-state index is 0.338. The Kier molecular flexibility index (Phi) is 6.26. The number of aryl methyl sites for hydroxylation is 1. The van der Waals surface area contributed by atoms with Crippen molar-refractivity contribution in [3.05, 3.63) is 77.9 Å². The number of hydrogen-bond donors (Lipinski definition) is 0. The predicted octanol–water partition coefficient (Wildman–Crippen LogP) is 5.06. The summed E-state index contributed by atoms with van der Waals surface area (Å²) in [5, 5.41) is 0. The van der Waals surface area contributed by atoms with Crippen molar-refractivity contribution in [3.8, 4) is 5.75 Å². The second-order valence-corrected chi connectivity index (χ2v) is 6.29. The third-order valence-electron chi connectivity index (χ3n) is 4.47. The fourth-order valence-electron chi connectivity index (χ4n) is 3.17. The molecule has 0 heterocycles. The maximum Gasteiger partial charge on any atom is 0.330 e. The molecule has 3 heteroatoms. The zero-order chi connectivity index (χ0) is 18.2. The topological polar surface area (TPSA) is 35.5 Å². The summed E-state index contributed by atoms with van der Waals surface area (Å²) >= 11 is 0. The van der Waals surface area contributed by atoms with Crippen molar-refractivity contribution < 1.29 is 14.3 Å². The van der Waals surface area contributed by atoms with Gasteiger partial charge in [-0.3, -0.25) is 0 Å². The van der Waals surface area contributed by atoms with Crippen LogP contribution in [0.4, 0.5) is 0 Å². The van der Waals surface area contributed by atoms with Crippen molar-refractivity contribution >= 4 is 17.6 Å². The summed E-state index contributed by atoms with van der Waals surface area (Å²) in [5.74, 6) is 0.502. The van der Waals surface area contributed by atoms with Crippen LogP contribution in [0.5, 0.6) is 5.75 Å². The molecule has 3 nitrogen and oxygen atoms in total. The van der Waals surface area contributed by atoms with Gasteiger partial charge in [0.25, 0.3) is 0 Å². The SMILES string of the molecule is C=CC(=O)OCCCOc1cccc2c1C=C(c1ccccc1)CCC2. The van der Waals surface area contributed by atoms with E-state index in [1.54, 1.807) is 0 Å². The largest absolute Gasteiger partial charge is 0.493 e. The van der Waals surface area contributed by atoms with Gasteiger partial charge in [-0.25, -0.2) is 4.79 Å². The van der Waals surface area contributed by atoms with Crippen LogP contribution in [0.25, 0.3) is 11.6 Å². The van der Waals surface area contributed by atoms with Gasteiger partial charge in [0, 0.05) is 18.1 Å². The first kappa shape index (κ1) is 18.0. The van der Waals surface area contributed by atoms with Crippen LogP contribution in [0.1, 0.15) is 36.0 Å². The molecular formula is C23H24O3. The first-order valence-electron chi connectivity index (χ1n) is 9.08. The van der Waals surface area contributed by atoms with Gasteiger partial charge in [-0.2, -0.15) is 0 Å². The molecular weight excluding hydrogens is 324 g/mol. The van der Waals surface area contributed by atoms with Gasteiger partial charge in [0.15, 0.2) is 0 Å². The molecule has 2 aromatic rings. The van der Waals surface area contributed by atoms with Crippen molar-refractivity contribution in [2.75, 3.05) is 13.2 Å². The molecule has 0 N–H and O–H groups in total. The van der Waals surface area contributed by atoms with Crippen LogP contribution < -0.4 is 4.74 Å². The number of benzene rings is 2. The average Bonchev–Trinajstić information content (AvgIpc) is 2.91. The molecule has 0 aliphatic heterocycles. The average molecular weight is 348 g/mol. The minimum atomic E-state index is -0.394. The second-order valence-electron chi connectivity index (χ2n) is 6.29. The highest BCUT2D eigenvalue weighted by Gasteiger charge is 2.14. The van der Waals surface area contributed by atoms with E-state index >= 15 is 0 Å². The summed E-state index contributed by atoms with van der Waals surface area (Å²) in [5.41, 5.74) is 5.12. The standard InChI is InChI=1S/C23H24O3/c1-2-23(24)26-16-8-15-25-22-14-7-12-19-11-6-13-20(17-21(19)22)18-9-4-3-5-10-18/h2-5,7,9-10,12,14,17H,1,6,8,11,13,15-16H2. The number of fused-ring (bicyclic) bond motifs is 1. The summed E-state index contributed by atoms with van der Waals surface area (Å²) in [6, 6.07) is 16.8. The lowest BCUT2D eigenvalue weighted by atomic mass is 10.0. The summed E-state index contributed by atoms with van der Waals surface area (Å²) < 4.78 is 11.0. The summed E-state index contributed by atoms with van der Waals surface area (Å²) in [7, 11) is 0. The monoisotopic (exact) mass is 348 g/mol. The second kappa shape index (κ2) is 9.04. The van der Waals surface area contributed by atoms with E-state index < -0.39 is 5.97 Å².